The molecule has 0 fully saturated rings. The van der Waals surface area contributed by atoms with E-state index >= 15 is 0 Å². The molecule has 4 heteroatoms. The fourth-order valence-electron chi connectivity index (χ4n) is 2.62. The van der Waals surface area contributed by atoms with Crippen molar-refractivity contribution in [3.63, 3.8) is 0 Å². The number of nitrogens with one attached hydrogen (secondary N) is 1. The van der Waals surface area contributed by atoms with Crippen LogP contribution < -0.4 is 10.1 Å². The molecule has 0 radical (unpaired) electrons. The van der Waals surface area contributed by atoms with Crippen LogP contribution >= 0.6 is 22.9 Å². The average molecular weight is 294 g/mol. The van der Waals surface area contributed by atoms with E-state index in [1.54, 1.807) is 18.4 Å². The van der Waals surface area contributed by atoms with Crippen LogP contribution in [-0.2, 0) is 6.42 Å². The number of aryl methyl sites for hydroxylation is 1. The number of hydrogen-bond acceptors (Lipinski definition) is 3. The van der Waals surface area contributed by atoms with E-state index in [-0.39, 0.29) is 0 Å². The van der Waals surface area contributed by atoms with Crippen LogP contribution in [0.4, 0.5) is 5.69 Å². The molecule has 0 saturated heterocycles. The molecule has 1 heterocycles. The summed E-state index contributed by atoms with van der Waals surface area (Å²) in [6.45, 7) is 0. The highest BCUT2D eigenvalue weighted by Gasteiger charge is 2.23. The standard InChI is InChI=1S/C15H16ClNOS/c1-18-13-7-3-2-5-12(13)17-11-6-4-8-14-10(11)9-15(16)19-14/h2-3,5,7,9,11,17H,4,6,8H2,1H3. The molecule has 1 atom stereocenters. The number of hydrogen-bond donors (Lipinski definition) is 1. The lowest BCUT2D eigenvalue weighted by Gasteiger charge is -2.25. The van der Waals surface area contributed by atoms with Gasteiger partial charge in [-0.25, -0.2) is 0 Å². The van der Waals surface area contributed by atoms with Gasteiger partial charge in [-0.3, -0.25) is 0 Å². The van der Waals surface area contributed by atoms with Gasteiger partial charge in [-0.05, 0) is 43.0 Å². The van der Waals surface area contributed by atoms with Crippen molar-refractivity contribution in [2.75, 3.05) is 12.4 Å². The van der Waals surface area contributed by atoms with Crippen molar-refractivity contribution >= 4 is 28.6 Å². The molecule has 0 bridgehead atoms. The Bertz CT molecular complexity index is 581. The summed E-state index contributed by atoms with van der Waals surface area (Å²) in [5.41, 5.74) is 2.40. The number of rotatable bonds is 3. The Morgan fingerprint density at radius 2 is 2.21 bits per heavy atom. The summed E-state index contributed by atoms with van der Waals surface area (Å²) in [6, 6.07) is 10.5. The van der Waals surface area contributed by atoms with E-state index < -0.39 is 0 Å². The zero-order valence-corrected chi connectivity index (χ0v) is 12.4. The van der Waals surface area contributed by atoms with Gasteiger partial charge in [0.1, 0.15) is 5.75 Å². The molecular weight excluding hydrogens is 278 g/mol. The third-order valence-corrected chi connectivity index (χ3v) is 4.86. The molecular formula is C15H16ClNOS. The van der Waals surface area contributed by atoms with Gasteiger partial charge in [-0.15, -0.1) is 11.3 Å². The van der Waals surface area contributed by atoms with Crippen molar-refractivity contribution < 1.29 is 4.74 Å². The van der Waals surface area contributed by atoms with Gasteiger partial charge in [0.25, 0.3) is 0 Å². The van der Waals surface area contributed by atoms with E-state index in [0.717, 1.165) is 28.6 Å². The Labute approximate surface area is 122 Å². The highest BCUT2D eigenvalue weighted by molar-refractivity contribution is 7.16. The lowest BCUT2D eigenvalue weighted by molar-refractivity contribution is 0.415. The summed E-state index contributed by atoms with van der Waals surface area (Å²) >= 11 is 7.85. The van der Waals surface area contributed by atoms with Crippen LogP contribution in [-0.4, -0.2) is 7.11 Å². The molecule has 1 unspecified atom stereocenters. The first kappa shape index (κ1) is 12.8. The number of ether oxygens (including phenoxy) is 1. The molecule has 1 N–H and O–H groups in total. The molecule has 0 saturated carbocycles. The Kier molecular flexibility index (Phi) is 3.67. The number of halogens is 1. The molecule has 2 nitrogen and oxygen atoms in total. The van der Waals surface area contributed by atoms with E-state index in [4.69, 9.17) is 16.3 Å². The minimum absolute atomic E-state index is 0.337. The van der Waals surface area contributed by atoms with Crippen LogP contribution in [0.3, 0.4) is 0 Å². The summed E-state index contributed by atoms with van der Waals surface area (Å²) < 4.78 is 6.28. The number of methoxy groups -OCH3 is 1. The lowest BCUT2D eigenvalue weighted by atomic mass is 9.94. The zero-order chi connectivity index (χ0) is 13.2. The Morgan fingerprint density at radius 1 is 1.37 bits per heavy atom. The highest BCUT2D eigenvalue weighted by atomic mass is 35.5. The van der Waals surface area contributed by atoms with Crippen molar-refractivity contribution in [2.24, 2.45) is 0 Å². The van der Waals surface area contributed by atoms with E-state index in [9.17, 15) is 0 Å². The quantitative estimate of drug-likeness (QED) is 0.869. The maximum atomic E-state index is 6.14. The topological polar surface area (TPSA) is 21.3 Å². The SMILES string of the molecule is COc1ccccc1NC1CCCc2sc(Cl)cc21. The van der Waals surface area contributed by atoms with Gasteiger partial charge in [-0.2, -0.15) is 0 Å². The van der Waals surface area contributed by atoms with Crippen LogP contribution in [0.5, 0.6) is 5.75 Å². The van der Waals surface area contributed by atoms with Gasteiger partial charge in [0.15, 0.2) is 0 Å². The zero-order valence-electron chi connectivity index (χ0n) is 10.8. The van der Waals surface area contributed by atoms with Gasteiger partial charge in [0.2, 0.25) is 0 Å². The van der Waals surface area contributed by atoms with Crippen molar-refractivity contribution in [2.45, 2.75) is 25.3 Å². The lowest BCUT2D eigenvalue weighted by Crippen LogP contribution is -2.16. The fraction of sp³-hybridized carbons (Fsp3) is 0.333. The second kappa shape index (κ2) is 5.43. The number of anilines is 1. The first-order chi connectivity index (χ1) is 9.28. The first-order valence-electron chi connectivity index (χ1n) is 6.45. The number of benzene rings is 1. The van der Waals surface area contributed by atoms with Crippen LogP contribution in [0.2, 0.25) is 4.34 Å². The van der Waals surface area contributed by atoms with Crippen molar-refractivity contribution in [3.8, 4) is 5.75 Å². The normalized spacial score (nSPS) is 17.9. The Hall–Kier alpha value is -1.19. The first-order valence-corrected chi connectivity index (χ1v) is 7.65. The summed E-state index contributed by atoms with van der Waals surface area (Å²) in [6.07, 6.45) is 3.49. The molecule has 0 aliphatic heterocycles. The van der Waals surface area contributed by atoms with Gasteiger partial charge in [0, 0.05) is 4.88 Å². The van der Waals surface area contributed by atoms with E-state index in [2.05, 4.69) is 17.4 Å². The van der Waals surface area contributed by atoms with E-state index in [1.165, 1.54) is 16.9 Å². The number of para-hydroxylation sites is 2. The molecule has 100 valence electrons. The predicted molar refractivity (Wildman–Crippen MR) is 81.6 cm³/mol. The second-order valence-corrected chi connectivity index (χ2v) is 6.49. The molecule has 0 spiro atoms. The molecule has 1 aromatic carbocycles. The summed E-state index contributed by atoms with van der Waals surface area (Å²) in [7, 11) is 1.70. The predicted octanol–water partition coefficient (Wildman–Crippen LogP) is 4.90. The summed E-state index contributed by atoms with van der Waals surface area (Å²) in [4.78, 5) is 1.42. The van der Waals surface area contributed by atoms with E-state index in [0.29, 0.717) is 6.04 Å². The number of fused-ring (bicyclic) bond motifs is 1. The largest absolute Gasteiger partial charge is 0.495 e. The number of thiophene rings is 1. The molecule has 19 heavy (non-hydrogen) atoms. The molecule has 1 aromatic heterocycles. The monoisotopic (exact) mass is 293 g/mol. The minimum Gasteiger partial charge on any atom is -0.495 e. The van der Waals surface area contributed by atoms with Gasteiger partial charge < -0.3 is 10.1 Å². The third-order valence-electron chi connectivity index (χ3n) is 3.52. The van der Waals surface area contributed by atoms with Crippen molar-refractivity contribution in [1.29, 1.82) is 0 Å². The fourth-order valence-corrected chi connectivity index (χ4v) is 4.01. The van der Waals surface area contributed by atoms with Crippen LogP contribution in [0.25, 0.3) is 0 Å². The molecule has 0 amide bonds. The molecule has 1 aliphatic rings. The van der Waals surface area contributed by atoms with Crippen LogP contribution in [0.1, 0.15) is 29.3 Å². The maximum absolute atomic E-state index is 6.14. The van der Waals surface area contributed by atoms with Gasteiger partial charge >= 0.3 is 0 Å². The molecule has 3 rings (SSSR count). The third kappa shape index (κ3) is 2.58. The minimum atomic E-state index is 0.337. The van der Waals surface area contributed by atoms with Crippen LogP contribution in [0, 0.1) is 0 Å². The van der Waals surface area contributed by atoms with Gasteiger partial charge in [0.05, 0.1) is 23.2 Å². The smallest absolute Gasteiger partial charge is 0.141 e. The summed E-state index contributed by atoms with van der Waals surface area (Å²) in [5, 5.41) is 3.59. The average Bonchev–Trinajstić information content (AvgIpc) is 2.81. The Balaban J connectivity index is 1.88. The van der Waals surface area contributed by atoms with Crippen molar-refractivity contribution in [3.05, 3.63) is 45.1 Å². The van der Waals surface area contributed by atoms with E-state index in [1.807, 2.05) is 18.2 Å². The molecule has 1 aliphatic carbocycles. The highest BCUT2D eigenvalue weighted by Crippen LogP contribution is 2.40. The maximum Gasteiger partial charge on any atom is 0.141 e. The Morgan fingerprint density at radius 3 is 3.05 bits per heavy atom. The molecule has 2 aromatic rings. The second-order valence-electron chi connectivity index (χ2n) is 4.72. The van der Waals surface area contributed by atoms with Crippen molar-refractivity contribution in [1.82, 2.24) is 0 Å². The summed E-state index contributed by atoms with van der Waals surface area (Å²) in [5.74, 6) is 0.885. The van der Waals surface area contributed by atoms with Gasteiger partial charge in [-0.1, -0.05) is 23.7 Å². The van der Waals surface area contributed by atoms with Crippen LogP contribution in [0.15, 0.2) is 30.3 Å².